The first kappa shape index (κ1) is 16.9. The lowest BCUT2D eigenvalue weighted by Crippen LogP contribution is -2.24. The van der Waals surface area contributed by atoms with Crippen LogP contribution >= 0.6 is 11.6 Å². The van der Waals surface area contributed by atoms with Gasteiger partial charge in [-0.3, -0.25) is 4.79 Å². The number of halogens is 1. The van der Waals surface area contributed by atoms with Crippen molar-refractivity contribution in [3.05, 3.63) is 58.6 Å². The van der Waals surface area contributed by atoms with Crippen LogP contribution in [0.2, 0.25) is 5.02 Å². The topological polar surface area (TPSA) is 64.1 Å². The van der Waals surface area contributed by atoms with Crippen LogP contribution in [0.1, 0.15) is 42.3 Å². The molecule has 24 heavy (non-hydrogen) atoms. The molecule has 1 atom stereocenters. The fourth-order valence-electron chi connectivity index (χ4n) is 2.62. The van der Waals surface area contributed by atoms with Crippen molar-refractivity contribution >= 4 is 17.5 Å². The number of carbonyl (C=O) groups excluding carboxylic acids is 1. The van der Waals surface area contributed by atoms with E-state index >= 15 is 0 Å². The van der Waals surface area contributed by atoms with Crippen LogP contribution in [0.5, 0.6) is 0 Å². The molecule has 0 spiro atoms. The van der Waals surface area contributed by atoms with Crippen LogP contribution < -0.4 is 5.32 Å². The number of nitrogens with zero attached hydrogens (tertiary/aromatic N) is 2. The van der Waals surface area contributed by atoms with Crippen molar-refractivity contribution < 1.29 is 9.53 Å². The Morgan fingerprint density at radius 2 is 1.92 bits per heavy atom. The highest BCUT2D eigenvalue weighted by Gasteiger charge is 2.18. The Kier molecular flexibility index (Phi) is 5.77. The molecule has 2 aromatic rings. The van der Waals surface area contributed by atoms with Crippen molar-refractivity contribution in [3.63, 3.8) is 0 Å². The maximum absolute atomic E-state index is 12.0. The van der Waals surface area contributed by atoms with Crippen molar-refractivity contribution in [3.8, 4) is 0 Å². The minimum absolute atomic E-state index is 0.00676. The first-order valence-corrected chi connectivity index (χ1v) is 8.52. The van der Waals surface area contributed by atoms with Gasteiger partial charge in [0.05, 0.1) is 6.42 Å². The zero-order valence-electron chi connectivity index (χ0n) is 13.4. The third-order valence-electron chi connectivity index (χ3n) is 3.96. The zero-order chi connectivity index (χ0) is 16.8. The van der Waals surface area contributed by atoms with Crippen LogP contribution in [0.25, 0.3) is 0 Å². The number of nitrogens with one attached hydrogen (secondary N) is 1. The van der Waals surface area contributed by atoms with Crippen LogP contribution in [0.4, 0.5) is 0 Å². The van der Waals surface area contributed by atoms with Crippen molar-refractivity contribution in [1.82, 2.24) is 15.3 Å². The molecule has 5 nitrogen and oxygen atoms in total. The van der Waals surface area contributed by atoms with Gasteiger partial charge in [0.25, 0.3) is 0 Å². The number of benzene rings is 1. The molecule has 3 rings (SSSR count). The molecular formula is C18H20ClN3O2. The molecule has 1 aromatic heterocycles. The van der Waals surface area contributed by atoms with Gasteiger partial charge >= 0.3 is 0 Å². The van der Waals surface area contributed by atoms with Crippen molar-refractivity contribution in [1.29, 1.82) is 0 Å². The summed E-state index contributed by atoms with van der Waals surface area (Å²) in [5.74, 6) is 0.683. The average molecular weight is 346 g/mol. The predicted octanol–water partition coefficient (Wildman–Crippen LogP) is 3.23. The monoisotopic (exact) mass is 345 g/mol. The molecule has 6 heteroatoms. The Labute approximate surface area is 146 Å². The van der Waals surface area contributed by atoms with Crippen LogP contribution in [-0.4, -0.2) is 22.5 Å². The van der Waals surface area contributed by atoms with Crippen molar-refractivity contribution in [2.24, 2.45) is 0 Å². The number of carbonyl (C=O) groups is 1. The molecule has 2 heterocycles. The van der Waals surface area contributed by atoms with E-state index in [1.165, 1.54) is 0 Å². The molecular weight excluding hydrogens is 326 g/mol. The smallest absolute Gasteiger partial charge is 0.224 e. The number of rotatable bonds is 5. The highest BCUT2D eigenvalue weighted by molar-refractivity contribution is 6.30. The normalized spacial score (nSPS) is 17.5. The second-order valence-corrected chi connectivity index (χ2v) is 6.32. The van der Waals surface area contributed by atoms with Crippen molar-refractivity contribution in [2.45, 2.75) is 38.3 Å². The summed E-state index contributed by atoms with van der Waals surface area (Å²) in [5, 5.41) is 3.54. The summed E-state index contributed by atoms with van der Waals surface area (Å²) in [6.45, 7) is 1.19. The van der Waals surface area contributed by atoms with Gasteiger partial charge in [0.15, 0.2) is 5.82 Å². The number of amides is 1. The standard InChI is InChI=1S/C18H20ClN3O2/c19-15-6-4-13(5-7-15)9-17(23)20-10-14-11-21-18(22-12-14)16-3-1-2-8-24-16/h4-7,11-12,16H,1-3,8-10H2,(H,20,23)/t16-/m0/s1. The average Bonchev–Trinajstić information content (AvgIpc) is 2.63. The van der Waals surface area contributed by atoms with E-state index < -0.39 is 0 Å². The first-order valence-electron chi connectivity index (χ1n) is 8.14. The molecule has 1 aromatic carbocycles. The summed E-state index contributed by atoms with van der Waals surface area (Å²) in [5.41, 5.74) is 1.80. The van der Waals surface area contributed by atoms with E-state index in [2.05, 4.69) is 15.3 Å². The molecule has 1 amide bonds. The molecule has 1 aliphatic heterocycles. The predicted molar refractivity (Wildman–Crippen MR) is 91.6 cm³/mol. The van der Waals surface area contributed by atoms with E-state index in [0.29, 0.717) is 18.0 Å². The Balaban J connectivity index is 1.49. The van der Waals surface area contributed by atoms with Gasteiger partial charge in [0.2, 0.25) is 5.91 Å². The fourth-order valence-corrected chi connectivity index (χ4v) is 2.74. The van der Waals surface area contributed by atoms with Crippen LogP contribution in [0.15, 0.2) is 36.7 Å². The van der Waals surface area contributed by atoms with Gasteiger partial charge in [-0.05, 0) is 37.0 Å². The van der Waals surface area contributed by atoms with Gasteiger partial charge in [-0.1, -0.05) is 23.7 Å². The quantitative estimate of drug-likeness (QED) is 0.903. The van der Waals surface area contributed by atoms with E-state index in [9.17, 15) is 4.79 Å². The second kappa shape index (κ2) is 8.22. The number of ether oxygens (including phenoxy) is 1. The lowest BCUT2D eigenvalue weighted by atomic mass is 10.1. The number of hydrogen-bond donors (Lipinski definition) is 1. The number of aromatic nitrogens is 2. The van der Waals surface area contributed by atoms with E-state index in [4.69, 9.17) is 16.3 Å². The summed E-state index contributed by atoms with van der Waals surface area (Å²) >= 11 is 5.83. The SMILES string of the molecule is O=C(Cc1ccc(Cl)cc1)NCc1cnc([C@@H]2CCCCO2)nc1. The first-order chi connectivity index (χ1) is 11.7. The van der Waals surface area contributed by atoms with Crippen LogP contribution in [0, 0.1) is 0 Å². The highest BCUT2D eigenvalue weighted by atomic mass is 35.5. The summed E-state index contributed by atoms with van der Waals surface area (Å²) in [6, 6.07) is 7.27. The van der Waals surface area contributed by atoms with Crippen molar-refractivity contribution in [2.75, 3.05) is 6.61 Å². The fraction of sp³-hybridized carbons (Fsp3) is 0.389. The maximum atomic E-state index is 12.0. The van der Waals surface area contributed by atoms with Crippen LogP contribution in [0.3, 0.4) is 0 Å². The van der Waals surface area contributed by atoms with Gasteiger partial charge < -0.3 is 10.1 Å². The second-order valence-electron chi connectivity index (χ2n) is 5.88. The minimum Gasteiger partial charge on any atom is -0.370 e. The zero-order valence-corrected chi connectivity index (χ0v) is 14.1. The molecule has 126 valence electrons. The molecule has 0 bridgehead atoms. The van der Waals surface area contributed by atoms with Gasteiger partial charge in [-0.25, -0.2) is 9.97 Å². The third kappa shape index (κ3) is 4.76. The summed E-state index contributed by atoms with van der Waals surface area (Å²) in [4.78, 5) is 20.7. The molecule has 0 radical (unpaired) electrons. The molecule has 1 aliphatic rings. The molecule has 0 unspecified atom stereocenters. The molecule has 1 fully saturated rings. The minimum atomic E-state index is -0.0444. The highest BCUT2D eigenvalue weighted by Crippen LogP contribution is 2.24. The molecule has 1 N–H and O–H groups in total. The van der Waals surface area contributed by atoms with E-state index in [1.807, 2.05) is 12.1 Å². The lowest BCUT2D eigenvalue weighted by Gasteiger charge is -2.21. The van der Waals surface area contributed by atoms with Gasteiger partial charge in [-0.2, -0.15) is 0 Å². The number of hydrogen-bond acceptors (Lipinski definition) is 4. The van der Waals surface area contributed by atoms with Gasteiger partial charge in [0, 0.05) is 36.1 Å². The van der Waals surface area contributed by atoms with Gasteiger partial charge in [0.1, 0.15) is 6.10 Å². The maximum Gasteiger partial charge on any atom is 0.224 e. The summed E-state index contributed by atoms with van der Waals surface area (Å²) in [6.07, 6.45) is 7.06. The Bertz CT molecular complexity index is 668. The Morgan fingerprint density at radius 3 is 2.58 bits per heavy atom. The summed E-state index contributed by atoms with van der Waals surface area (Å²) < 4.78 is 5.67. The van der Waals surface area contributed by atoms with Gasteiger partial charge in [-0.15, -0.1) is 0 Å². The third-order valence-corrected chi connectivity index (χ3v) is 4.21. The molecule has 1 saturated heterocycles. The summed E-state index contributed by atoms with van der Waals surface area (Å²) in [7, 11) is 0. The Morgan fingerprint density at radius 1 is 1.17 bits per heavy atom. The lowest BCUT2D eigenvalue weighted by molar-refractivity contribution is -0.120. The largest absolute Gasteiger partial charge is 0.370 e. The van der Waals surface area contributed by atoms with E-state index in [0.717, 1.165) is 42.8 Å². The van der Waals surface area contributed by atoms with E-state index in [-0.39, 0.29) is 12.0 Å². The Hall–Kier alpha value is -1.98. The molecule has 0 saturated carbocycles. The van der Waals surface area contributed by atoms with E-state index in [1.54, 1.807) is 24.5 Å². The van der Waals surface area contributed by atoms with Crippen LogP contribution in [-0.2, 0) is 22.5 Å². The molecule has 0 aliphatic carbocycles.